The average molecular weight is 255 g/mol. The first-order valence-corrected chi connectivity index (χ1v) is 6.25. The summed E-state index contributed by atoms with van der Waals surface area (Å²) in [6.45, 7) is 3.46. The van der Waals surface area contributed by atoms with E-state index in [-0.39, 0.29) is 0 Å². The molecule has 2 heterocycles. The molecule has 0 saturated heterocycles. The number of fused-ring (bicyclic) bond motifs is 1. The molecule has 0 bridgehead atoms. The van der Waals surface area contributed by atoms with Gasteiger partial charge in [-0.15, -0.1) is 11.6 Å². The van der Waals surface area contributed by atoms with Crippen LogP contribution in [0.15, 0.2) is 12.7 Å². The van der Waals surface area contributed by atoms with Crippen molar-refractivity contribution in [1.29, 1.82) is 0 Å². The molecule has 0 saturated carbocycles. The number of nitrogens with zero attached hydrogens (tertiary/aromatic N) is 4. The number of unbranched alkanes of at least 4 members (excludes halogenated alkanes) is 1. The summed E-state index contributed by atoms with van der Waals surface area (Å²) in [7, 11) is 0. The summed E-state index contributed by atoms with van der Waals surface area (Å²) in [6.07, 6.45) is 5.31. The van der Waals surface area contributed by atoms with Crippen LogP contribution in [0.4, 0.5) is 0 Å². The second-order valence-electron chi connectivity index (χ2n) is 3.68. The van der Waals surface area contributed by atoms with Gasteiger partial charge in [-0.1, -0.05) is 13.3 Å². The molecule has 17 heavy (non-hydrogen) atoms. The van der Waals surface area contributed by atoms with Gasteiger partial charge in [0.2, 0.25) is 5.88 Å². The minimum absolute atomic E-state index is 0.529. The van der Waals surface area contributed by atoms with Gasteiger partial charge in [0.05, 0.1) is 12.9 Å². The largest absolute Gasteiger partial charge is 0.476 e. The summed E-state index contributed by atoms with van der Waals surface area (Å²) in [5.74, 6) is 1.08. The molecule has 0 amide bonds. The number of halogens is 1. The topological polar surface area (TPSA) is 52.8 Å². The number of ether oxygens (including phenoxy) is 1. The zero-order valence-electron chi connectivity index (χ0n) is 9.77. The number of rotatable bonds is 6. The van der Waals surface area contributed by atoms with Crippen molar-refractivity contribution in [1.82, 2.24) is 19.5 Å². The van der Waals surface area contributed by atoms with E-state index in [2.05, 4.69) is 21.9 Å². The normalized spacial score (nSPS) is 10.9. The number of aryl methyl sites for hydroxylation is 1. The summed E-state index contributed by atoms with van der Waals surface area (Å²) in [6, 6.07) is 0. The van der Waals surface area contributed by atoms with Gasteiger partial charge >= 0.3 is 0 Å². The molecule has 0 aromatic carbocycles. The van der Waals surface area contributed by atoms with Crippen molar-refractivity contribution in [3.8, 4) is 5.88 Å². The Balaban J connectivity index is 2.24. The van der Waals surface area contributed by atoms with Gasteiger partial charge in [0.1, 0.15) is 6.33 Å². The van der Waals surface area contributed by atoms with E-state index >= 15 is 0 Å². The van der Waals surface area contributed by atoms with Crippen molar-refractivity contribution < 1.29 is 4.74 Å². The highest BCUT2D eigenvalue weighted by atomic mass is 35.5. The third-order valence-corrected chi connectivity index (χ3v) is 2.60. The van der Waals surface area contributed by atoms with E-state index in [4.69, 9.17) is 16.3 Å². The van der Waals surface area contributed by atoms with E-state index in [1.54, 1.807) is 6.33 Å². The number of aromatic nitrogens is 4. The first kappa shape index (κ1) is 12.1. The highest BCUT2D eigenvalue weighted by Crippen LogP contribution is 2.19. The summed E-state index contributed by atoms with van der Waals surface area (Å²) >= 11 is 5.71. The lowest BCUT2D eigenvalue weighted by atomic mass is 10.4. The van der Waals surface area contributed by atoms with Crippen LogP contribution in [0.2, 0.25) is 0 Å². The Morgan fingerprint density at radius 2 is 2.24 bits per heavy atom. The van der Waals surface area contributed by atoms with Crippen molar-refractivity contribution in [3.63, 3.8) is 0 Å². The third-order valence-electron chi connectivity index (χ3n) is 2.43. The molecule has 2 rings (SSSR count). The van der Waals surface area contributed by atoms with Gasteiger partial charge in [0.25, 0.3) is 0 Å². The lowest BCUT2D eigenvalue weighted by Gasteiger charge is -2.04. The molecular weight excluding hydrogens is 240 g/mol. The van der Waals surface area contributed by atoms with E-state index in [0.717, 1.165) is 18.5 Å². The molecule has 0 atom stereocenters. The van der Waals surface area contributed by atoms with Crippen LogP contribution in [0.5, 0.6) is 5.88 Å². The molecule has 92 valence electrons. The van der Waals surface area contributed by atoms with Gasteiger partial charge < -0.3 is 9.30 Å². The maximum atomic E-state index is 5.71. The molecule has 0 N–H and O–H groups in total. The Kier molecular flexibility index (Phi) is 4.14. The molecule has 0 radical (unpaired) electrons. The SMILES string of the molecule is CCCCOc1ncnc2c1ncn2CCCl. The molecule has 0 aliphatic rings. The van der Waals surface area contributed by atoms with E-state index in [9.17, 15) is 0 Å². The van der Waals surface area contributed by atoms with Crippen LogP contribution < -0.4 is 4.74 Å². The molecule has 2 aromatic heterocycles. The average Bonchev–Trinajstić information content (AvgIpc) is 2.75. The number of hydrogen-bond donors (Lipinski definition) is 0. The summed E-state index contributed by atoms with van der Waals surface area (Å²) in [5.41, 5.74) is 1.47. The van der Waals surface area contributed by atoms with E-state index in [1.165, 1.54) is 6.33 Å². The van der Waals surface area contributed by atoms with Gasteiger partial charge in [-0.3, -0.25) is 0 Å². The van der Waals surface area contributed by atoms with Gasteiger partial charge in [-0.25, -0.2) is 9.97 Å². The van der Waals surface area contributed by atoms with Crippen LogP contribution >= 0.6 is 11.6 Å². The van der Waals surface area contributed by atoms with Crippen LogP contribution in [-0.4, -0.2) is 32.0 Å². The monoisotopic (exact) mass is 254 g/mol. The molecule has 0 unspecified atom stereocenters. The fourth-order valence-corrected chi connectivity index (χ4v) is 1.71. The van der Waals surface area contributed by atoms with E-state index in [1.807, 2.05) is 4.57 Å². The van der Waals surface area contributed by atoms with Crippen molar-refractivity contribution >= 4 is 22.8 Å². The van der Waals surface area contributed by atoms with Crippen LogP contribution in [0.25, 0.3) is 11.2 Å². The molecule has 0 fully saturated rings. The Labute approximate surface area is 105 Å². The lowest BCUT2D eigenvalue weighted by molar-refractivity contribution is 0.300. The van der Waals surface area contributed by atoms with Gasteiger partial charge in [-0.05, 0) is 6.42 Å². The Morgan fingerprint density at radius 1 is 1.35 bits per heavy atom. The highest BCUT2D eigenvalue weighted by molar-refractivity contribution is 6.17. The van der Waals surface area contributed by atoms with Crippen LogP contribution in [0, 0.1) is 0 Å². The highest BCUT2D eigenvalue weighted by Gasteiger charge is 2.10. The zero-order valence-corrected chi connectivity index (χ0v) is 10.5. The second kappa shape index (κ2) is 5.82. The first-order chi connectivity index (χ1) is 8.36. The standard InChI is InChI=1S/C11H15ClN4O/c1-2-3-6-17-11-9-10(13-7-14-11)16(5-4-12)8-15-9/h7-8H,2-6H2,1H3. The quantitative estimate of drug-likeness (QED) is 0.586. The van der Waals surface area contributed by atoms with Crippen molar-refractivity contribution in [3.05, 3.63) is 12.7 Å². The number of hydrogen-bond acceptors (Lipinski definition) is 4. The van der Waals surface area contributed by atoms with E-state index < -0.39 is 0 Å². The van der Waals surface area contributed by atoms with Crippen molar-refractivity contribution in [2.45, 2.75) is 26.3 Å². The van der Waals surface area contributed by atoms with Crippen molar-refractivity contribution in [2.75, 3.05) is 12.5 Å². The minimum Gasteiger partial charge on any atom is -0.476 e. The minimum atomic E-state index is 0.529. The first-order valence-electron chi connectivity index (χ1n) is 5.71. The fourth-order valence-electron chi connectivity index (χ4n) is 1.53. The third kappa shape index (κ3) is 2.66. The maximum Gasteiger partial charge on any atom is 0.245 e. The Bertz CT molecular complexity index is 485. The molecule has 2 aromatic rings. The smallest absolute Gasteiger partial charge is 0.245 e. The summed E-state index contributed by atoms with van der Waals surface area (Å²) < 4.78 is 7.49. The molecule has 6 heteroatoms. The Morgan fingerprint density at radius 3 is 3.00 bits per heavy atom. The van der Waals surface area contributed by atoms with Crippen LogP contribution in [0.3, 0.4) is 0 Å². The molecule has 5 nitrogen and oxygen atoms in total. The second-order valence-corrected chi connectivity index (χ2v) is 4.06. The van der Waals surface area contributed by atoms with Crippen molar-refractivity contribution in [2.24, 2.45) is 0 Å². The summed E-state index contributed by atoms with van der Waals surface area (Å²) in [5, 5.41) is 0. The van der Waals surface area contributed by atoms with Gasteiger partial charge in [-0.2, -0.15) is 4.98 Å². The van der Waals surface area contributed by atoms with Gasteiger partial charge in [0, 0.05) is 12.4 Å². The predicted octanol–water partition coefficient (Wildman–Crippen LogP) is 2.24. The summed E-state index contributed by atoms with van der Waals surface area (Å²) in [4.78, 5) is 12.6. The maximum absolute atomic E-state index is 5.71. The molecular formula is C11H15ClN4O. The predicted molar refractivity (Wildman–Crippen MR) is 66.4 cm³/mol. The lowest BCUT2D eigenvalue weighted by Crippen LogP contribution is -2.01. The molecule has 0 spiro atoms. The van der Waals surface area contributed by atoms with E-state index in [0.29, 0.717) is 30.4 Å². The van der Waals surface area contributed by atoms with Gasteiger partial charge in [0.15, 0.2) is 11.2 Å². The molecule has 0 aliphatic carbocycles. The Hall–Kier alpha value is -1.36. The fraction of sp³-hybridized carbons (Fsp3) is 0.545. The van der Waals surface area contributed by atoms with Crippen LogP contribution in [0.1, 0.15) is 19.8 Å². The number of alkyl halides is 1. The molecule has 0 aliphatic heterocycles. The zero-order chi connectivity index (χ0) is 12.1. The number of imidazole rings is 1. The van der Waals surface area contributed by atoms with Crippen LogP contribution in [-0.2, 0) is 6.54 Å².